The number of carboxylic acid groups (broad SMARTS) is 1. The smallest absolute Gasteiger partial charge is 0.310 e. The Labute approximate surface area is 118 Å². The van der Waals surface area contributed by atoms with Crippen LogP contribution < -0.4 is 5.32 Å². The fourth-order valence-corrected chi connectivity index (χ4v) is 2.38. The Balaban J connectivity index is 2.26. The Hall–Kier alpha value is -1.63. The van der Waals surface area contributed by atoms with Gasteiger partial charge < -0.3 is 15.2 Å². The number of hydrogen-bond acceptors (Lipinski definition) is 5. The summed E-state index contributed by atoms with van der Waals surface area (Å²) in [5, 5.41) is 11.2. The van der Waals surface area contributed by atoms with Crippen molar-refractivity contribution in [3.8, 4) is 0 Å². The van der Waals surface area contributed by atoms with E-state index in [1.54, 1.807) is 0 Å². The summed E-state index contributed by atoms with van der Waals surface area (Å²) in [4.78, 5) is 35.4. The first kappa shape index (κ1) is 16.4. The van der Waals surface area contributed by atoms with Crippen LogP contribution in [0, 0.1) is 11.8 Å². The van der Waals surface area contributed by atoms with Gasteiger partial charge in [0.1, 0.15) is 0 Å². The molecule has 1 fully saturated rings. The molecule has 1 aliphatic rings. The van der Waals surface area contributed by atoms with Crippen molar-refractivity contribution >= 4 is 17.8 Å². The quantitative estimate of drug-likeness (QED) is 0.493. The molecular formula is C13H22N2O5. The number of carbonyl (C=O) groups is 3. The molecule has 0 aromatic carbocycles. The number of ether oxygens (including phenoxy) is 1. The zero-order valence-corrected chi connectivity index (χ0v) is 11.9. The molecule has 0 bridgehead atoms. The molecule has 0 spiro atoms. The molecule has 1 heterocycles. The number of aliphatic carboxylic acids is 1. The van der Waals surface area contributed by atoms with Gasteiger partial charge in [-0.1, -0.05) is 6.92 Å². The monoisotopic (exact) mass is 286 g/mol. The minimum Gasteiger partial charge on any atom is -0.481 e. The highest BCUT2D eigenvalue weighted by Crippen LogP contribution is 2.23. The molecular weight excluding hydrogens is 264 g/mol. The van der Waals surface area contributed by atoms with E-state index < -0.39 is 5.97 Å². The summed E-state index contributed by atoms with van der Waals surface area (Å²) < 4.78 is 4.74. The molecule has 0 aromatic rings. The number of nitrogens with one attached hydrogen (secondary N) is 1. The third-order valence-electron chi connectivity index (χ3n) is 3.45. The van der Waals surface area contributed by atoms with Gasteiger partial charge in [0, 0.05) is 26.1 Å². The first-order chi connectivity index (χ1) is 9.43. The molecule has 2 N–H and O–H groups in total. The second-order valence-electron chi connectivity index (χ2n) is 5.15. The second kappa shape index (κ2) is 7.84. The summed E-state index contributed by atoms with van der Waals surface area (Å²) in [6.07, 6.45) is 0.466. The number of esters is 1. The molecule has 1 saturated heterocycles. The van der Waals surface area contributed by atoms with E-state index in [2.05, 4.69) is 5.32 Å². The fraction of sp³-hybridized carbons (Fsp3) is 0.769. The van der Waals surface area contributed by atoms with Gasteiger partial charge >= 0.3 is 11.9 Å². The SMILES string of the molecule is COC(=O)C1CN(CC(=O)NCCCC(=O)O)CC1C. The van der Waals surface area contributed by atoms with Crippen LogP contribution in [-0.4, -0.2) is 61.1 Å². The Bertz CT molecular complexity index is 372. The predicted molar refractivity (Wildman–Crippen MR) is 71.0 cm³/mol. The highest BCUT2D eigenvalue weighted by molar-refractivity contribution is 5.78. The average Bonchev–Trinajstić information content (AvgIpc) is 2.74. The number of hydrogen-bond donors (Lipinski definition) is 2. The molecule has 1 aliphatic heterocycles. The molecule has 20 heavy (non-hydrogen) atoms. The summed E-state index contributed by atoms with van der Waals surface area (Å²) >= 11 is 0. The molecule has 7 nitrogen and oxygen atoms in total. The Morgan fingerprint density at radius 1 is 1.35 bits per heavy atom. The summed E-state index contributed by atoms with van der Waals surface area (Å²) in [7, 11) is 1.37. The Kier molecular flexibility index (Phi) is 6.44. The average molecular weight is 286 g/mol. The normalized spacial score (nSPS) is 22.5. The summed E-state index contributed by atoms with van der Waals surface area (Å²) in [6, 6.07) is 0. The molecule has 0 saturated carbocycles. The van der Waals surface area contributed by atoms with Crippen molar-refractivity contribution in [2.75, 3.05) is 33.3 Å². The fourth-order valence-electron chi connectivity index (χ4n) is 2.38. The van der Waals surface area contributed by atoms with Gasteiger partial charge in [-0.25, -0.2) is 0 Å². The third kappa shape index (κ3) is 5.16. The van der Waals surface area contributed by atoms with Gasteiger partial charge in [-0.05, 0) is 12.3 Å². The lowest BCUT2D eigenvalue weighted by Crippen LogP contribution is -2.37. The summed E-state index contributed by atoms with van der Waals surface area (Å²) in [5.74, 6) is -1.26. The van der Waals surface area contributed by atoms with Crippen molar-refractivity contribution in [2.24, 2.45) is 11.8 Å². The van der Waals surface area contributed by atoms with E-state index in [-0.39, 0.29) is 36.7 Å². The maximum absolute atomic E-state index is 11.7. The number of rotatable bonds is 7. The van der Waals surface area contributed by atoms with Crippen LogP contribution in [0.2, 0.25) is 0 Å². The lowest BCUT2D eigenvalue weighted by molar-refractivity contribution is -0.146. The summed E-state index contributed by atoms with van der Waals surface area (Å²) in [6.45, 7) is 3.75. The van der Waals surface area contributed by atoms with Crippen LogP contribution in [0.5, 0.6) is 0 Å². The first-order valence-corrected chi connectivity index (χ1v) is 6.72. The van der Waals surface area contributed by atoms with Gasteiger partial charge in [-0.15, -0.1) is 0 Å². The third-order valence-corrected chi connectivity index (χ3v) is 3.45. The van der Waals surface area contributed by atoms with Gasteiger partial charge in [-0.2, -0.15) is 0 Å². The number of likely N-dealkylation sites (tertiary alicyclic amines) is 1. The molecule has 114 valence electrons. The van der Waals surface area contributed by atoms with Gasteiger partial charge in [0.25, 0.3) is 0 Å². The topological polar surface area (TPSA) is 95.9 Å². The zero-order valence-electron chi connectivity index (χ0n) is 11.9. The zero-order chi connectivity index (χ0) is 15.1. The summed E-state index contributed by atoms with van der Waals surface area (Å²) in [5.41, 5.74) is 0. The van der Waals surface area contributed by atoms with Crippen molar-refractivity contribution in [1.82, 2.24) is 10.2 Å². The van der Waals surface area contributed by atoms with E-state index in [4.69, 9.17) is 9.84 Å². The van der Waals surface area contributed by atoms with Crippen molar-refractivity contribution in [1.29, 1.82) is 0 Å². The van der Waals surface area contributed by atoms with Crippen LogP contribution in [-0.2, 0) is 19.1 Å². The van der Waals surface area contributed by atoms with Gasteiger partial charge in [0.05, 0.1) is 19.6 Å². The van der Waals surface area contributed by atoms with Gasteiger partial charge in [0.2, 0.25) is 5.91 Å². The van der Waals surface area contributed by atoms with Crippen molar-refractivity contribution in [3.05, 3.63) is 0 Å². The van der Waals surface area contributed by atoms with E-state index in [1.807, 2.05) is 11.8 Å². The van der Waals surface area contributed by atoms with Crippen molar-refractivity contribution in [2.45, 2.75) is 19.8 Å². The molecule has 1 amide bonds. The van der Waals surface area contributed by atoms with Gasteiger partial charge in [0.15, 0.2) is 0 Å². The molecule has 2 unspecified atom stereocenters. The Morgan fingerprint density at radius 3 is 2.65 bits per heavy atom. The number of carboxylic acids is 1. The van der Waals surface area contributed by atoms with Crippen molar-refractivity contribution in [3.63, 3.8) is 0 Å². The molecule has 1 rings (SSSR count). The Morgan fingerprint density at radius 2 is 2.05 bits per heavy atom. The number of amides is 1. The minimum atomic E-state index is -0.867. The largest absolute Gasteiger partial charge is 0.481 e. The number of carbonyl (C=O) groups excluding carboxylic acids is 2. The number of nitrogens with zero attached hydrogens (tertiary/aromatic N) is 1. The van der Waals surface area contributed by atoms with Crippen LogP contribution in [0.3, 0.4) is 0 Å². The van der Waals surface area contributed by atoms with E-state index in [9.17, 15) is 14.4 Å². The van der Waals surface area contributed by atoms with Crippen LogP contribution in [0.4, 0.5) is 0 Å². The van der Waals surface area contributed by atoms with Crippen LogP contribution in [0.25, 0.3) is 0 Å². The lowest BCUT2D eigenvalue weighted by Gasteiger charge is -2.14. The standard InChI is InChI=1S/C13H22N2O5/c1-9-6-15(7-10(9)13(19)20-2)8-11(16)14-5-3-4-12(17)18/h9-10H,3-8H2,1-2H3,(H,14,16)(H,17,18). The molecule has 2 atom stereocenters. The second-order valence-corrected chi connectivity index (χ2v) is 5.15. The lowest BCUT2D eigenvalue weighted by atomic mass is 9.99. The van der Waals surface area contributed by atoms with Crippen LogP contribution in [0.15, 0.2) is 0 Å². The first-order valence-electron chi connectivity index (χ1n) is 6.72. The van der Waals surface area contributed by atoms with Crippen LogP contribution in [0.1, 0.15) is 19.8 Å². The van der Waals surface area contributed by atoms with Gasteiger partial charge in [-0.3, -0.25) is 19.3 Å². The van der Waals surface area contributed by atoms with Crippen LogP contribution >= 0.6 is 0 Å². The van der Waals surface area contributed by atoms with Crippen molar-refractivity contribution < 1.29 is 24.2 Å². The molecule has 0 radical (unpaired) electrons. The predicted octanol–water partition coefficient (Wildman–Crippen LogP) is -0.292. The van der Waals surface area contributed by atoms with E-state index >= 15 is 0 Å². The molecule has 0 aromatic heterocycles. The molecule has 7 heteroatoms. The maximum Gasteiger partial charge on any atom is 0.310 e. The highest BCUT2D eigenvalue weighted by Gasteiger charge is 2.35. The minimum absolute atomic E-state index is 0.0471. The van der Waals surface area contributed by atoms with E-state index in [0.29, 0.717) is 26.1 Å². The van der Waals surface area contributed by atoms with E-state index in [0.717, 1.165) is 0 Å². The molecule has 0 aliphatic carbocycles. The maximum atomic E-state index is 11.7. The highest BCUT2D eigenvalue weighted by atomic mass is 16.5. The van der Waals surface area contributed by atoms with E-state index in [1.165, 1.54) is 7.11 Å². The number of methoxy groups -OCH3 is 1.